The van der Waals surface area contributed by atoms with Gasteiger partial charge in [0, 0.05) is 5.56 Å². The molecular formula is C16H19F2NO4. The topological polar surface area (TPSA) is 55.8 Å². The van der Waals surface area contributed by atoms with Crippen LogP contribution in [0, 0.1) is 0 Å². The summed E-state index contributed by atoms with van der Waals surface area (Å²) >= 11 is 0. The lowest BCUT2D eigenvalue weighted by molar-refractivity contribution is -0.0593. The Morgan fingerprint density at radius 3 is 2.48 bits per heavy atom. The van der Waals surface area contributed by atoms with Crippen LogP contribution in [0.15, 0.2) is 18.2 Å². The highest BCUT2D eigenvalue weighted by molar-refractivity contribution is 5.91. The molecule has 0 N–H and O–H groups in total. The number of esters is 1. The van der Waals surface area contributed by atoms with Gasteiger partial charge in [0.05, 0.1) is 25.8 Å². The number of nitrogens with zero attached hydrogens (tertiary/aromatic N) is 1. The summed E-state index contributed by atoms with van der Waals surface area (Å²) in [5, 5.41) is 0. The van der Waals surface area contributed by atoms with E-state index in [1.807, 2.05) is 0 Å². The van der Waals surface area contributed by atoms with Crippen molar-refractivity contribution in [1.29, 1.82) is 0 Å². The van der Waals surface area contributed by atoms with Gasteiger partial charge in [0.25, 0.3) is 5.92 Å². The molecule has 1 aliphatic heterocycles. The standard InChI is InChI=1S/C16H19F2NO4/c1-15(2,3)23-14(21)19-8-11-10(13(20)22-4)6-5-7-12(11)16(17,18)9-19/h5-7H,8-9H2,1-4H3. The van der Waals surface area contributed by atoms with E-state index in [4.69, 9.17) is 4.74 Å². The summed E-state index contributed by atoms with van der Waals surface area (Å²) in [4.78, 5) is 24.8. The first-order valence-electron chi connectivity index (χ1n) is 7.11. The smallest absolute Gasteiger partial charge is 0.410 e. The van der Waals surface area contributed by atoms with Crippen molar-refractivity contribution < 1.29 is 27.8 Å². The minimum atomic E-state index is -3.27. The van der Waals surface area contributed by atoms with Crippen molar-refractivity contribution in [3.8, 4) is 0 Å². The predicted octanol–water partition coefficient (Wildman–Crippen LogP) is 3.32. The first-order chi connectivity index (χ1) is 10.5. The molecule has 0 unspecified atom stereocenters. The number of rotatable bonds is 1. The lowest BCUT2D eigenvalue weighted by atomic mass is 9.92. The maximum Gasteiger partial charge on any atom is 0.410 e. The molecule has 0 atom stereocenters. The number of fused-ring (bicyclic) bond motifs is 1. The molecule has 0 bridgehead atoms. The predicted molar refractivity (Wildman–Crippen MR) is 78.3 cm³/mol. The number of carbonyl (C=O) groups is 2. The molecule has 0 fully saturated rings. The Labute approximate surface area is 133 Å². The van der Waals surface area contributed by atoms with Crippen molar-refractivity contribution in [3.05, 3.63) is 34.9 Å². The number of amides is 1. The van der Waals surface area contributed by atoms with E-state index in [1.165, 1.54) is 25.3 Å². The fourth-order valence-electron chi connectivity index (χ4n) is 2.43. The number of carbonyl (C=O) groups excluding carboxylic acids is 2. The number of hydrogen-bond donors (Lipinski definition) is 0. The Hall–Kier alpha value is -2.18. The maximum atomic E-state index is 14.4. The van der Waals surface area contributed by atoms with Crippen LogP contribution in [-0.2, 0) is 21.9 Å². The van der Waals surface area contributed by atoms with Crippen LogP contribution in [0.5, 0.6) is 0 Å². The quantitative estimate of drug-likeness (QED) is 0.743. The Morgan fingerprint density at radius 2 is 1.91 bits per heavy atom. The van der Waals surface area contributed by atoms with E-state index in [0.29, 0.717) is 0 Å². The second-order valence-electron chi connectivity index (χ2n) is 6.36. The maximum absolute atomic E-state index is 14.4. The average Bonchev–Trinajstić information content (AvgIpc) is 2.43. The number of hydrogen-bond acceptors (Lipinski definition) is 4. The van der Waals surface area contributed by atoms with Gasteiger partial charge in [-0.3, -0.25) is 4.90 Å². The van der Waals surface area contributed by atoms with E-state index in [0.717, 1.165) is 4.90 Å². The minimum absolute atomic E-state index is 0.0259. The zero-order valence-electron chi connectivity index (χ0n) is 13.5. The summed E-state index contributed by atoms with van der Waals surface area (Å²) in [5.74, 6) is -3.99. The fourth-order valence-corrected chi connectivity index (χ4v) is 2.43. The van der Waals surface area contributed by atoms with Crippen LogP contribution in [0.25, 0.3) is 0 Å². The Balaban J connectivity index is 2.41. The van der Waals surface area contributed by atoms with Crippen LogP contribution in [0.2, 0.25) is 0 Å². The van der Waals surface area contributed by atoms with Gasteiger partial charge in [0.15, 0.2) is 0 Å². The van der Waals surface area contributed by atoms with Crippen LogP contribution in [0.4, 0.5) is 13.6 Å². The van der Waals surface area contributed by atoms with Crippen molar-refractivity contribution in [1.82, 2.24) is 4.90 Å². The lowest BCUT2D eigenvalue weighted by Gasteiger charge is -2.36. The molecule has 1 aromatic carbocycles. The Bertz CT molecular complexity index is 637. The molecule has 0 spiro atoms. The second-order valence-corrected chi connectivity index (χ2v) is 6.36. The third kappa shape index (κ3) is 3.60. The van der Waals surface area contributed by atoms with E-state index in [9.17, 15) is 18.4 Å². The zero-order chi connectivity index (χ0) is 17.4. The van der Waals surface area contributed by atoms with Gasteiger partial charge >= 0.3 is 12.1 Å². The normalized spacial score (nSPS) is 16.5. The van der Waals surface area contributed by atoms with Gasteiger partial charge in [0.1, 0.15) is 5.60 Å². The zero-order valence-corrected chi connectivity index (χ0v) is 13.5. The molecule has 2 rings (SSSR count). The van der Waals surface area contributed by atoms with E-state index in [2.05, 4.69) is 4.74 Å². The molecule has 23 heavy (non-hydrogen) atoms. The number of ether oxygens (including phenoxy) is 2. The molecule has 1 aliphatic rings. The fraction of sp³-hybridized carbons (Fsp3) is 0.500. The molecular weight excluding hydrogens is 308 g/mol. The number of halogens is 2. The molecule has 0 saturated heterocycles. The Morgan fingerprint density at radius 1 is 1.26 bits per heavy atom. The summed E-state index contributed by atoms with van der Waals surface area (Å²) in [6.45, 7) is 4.03. The molecule has 0 radical (unpaired) electrons. The number of benzene rings is 1. The molecule has 1 aromatic rings. The molecule has 126 valence electrons. The van der Waals surface area contributed by atoms with Crippen molar-refractivity contribution >= 4 is 12.1 Å². The molecule has 0 saturated carbocycles. The highest BCUT2D eigenvalue weighted by Gasteiger charge is 2.44. The van der Waals surface area contributed by atoms with Crippen LogP contribution in [0.1, 0.15) is 42.3 Å². The lowest BCUT2D eigenvalue weighted by Crippen LogP contribution is -2.46. The van der Waals surface area contributed by atoms with E-state index in [1.54, 1.807) is 20.8 Å². The summed E-state index contributed by atoms with van der Waals surface area (Å²) in [6, 6.07) is 4.04. The van der Waals surface area contributed by atoms with Gasteiger partial charge in [0.2, 0.25) is 0 Å². The van der Waals surface area contributed by atoms with Crippen LogP contribution >= 0.6 is 0 Å². The molecule has 0 aliphatic carbocycles. The average molecular weight is 327 g/mol. The van der Waals surface area contributed by atoms with E-state index < -0.39 is 30.1 Å². The Kier molecular flexibility index (Phi) is 4.32. The van der Waals surface area contributed by atoms with Crippen molar-refractivity contribution in [3.63, 3.8) is 0 Å². The molecule has 7 heteroatoms. The highest BCUT2D eigenvalue weighted by atomic mass is 19.3. The van der Waals surface area contributed by atoms with Gasteiger partial charge < -0.3 is 9.47 Å². The summed E-state index contributed by atoms with van der Waals surface area (Å²) in [6.07, 6.45) is -0.845. The summed E-state index contributed by atoms with van der Waals surface area (Å²) in [7, 11) is 1.17. The SMILES string of the molecule is COC(=O)c1cccc2c1CN(C(=O)OC(C)(C)C)CC2(F)F. The van der Waals surface area contributed by atoms with E-state index in [-0.39, 0.29) is 23.2 Å². The van der Waals surface area contributed by atoms with Crippen LogP contribution in [0.3, 0.4) is 0 Å². The molecule has 0 aromatic heterocycles. The van der Waals surface area contributed by atoms with Crippen LogP contribution < -0.4 is 0 Å². The largest absolute Gasteiger partial charge is 0.465 e. The van der Waals surface area contributed by atoms with Gasteiger partial charge in [-0.1, -0.05) is 12.1 Å². The van der Waals surface area contributed by atoms with Crippen LogP contribution in [-0.4, -0.2) is 36.2 Å². The number of alkyl halides is 2. The monoisotopic (exact) mass is 327 g/mol. The number of methoxy groups -OCH3 is 1. The first kappa shape index (κ1) is 17.2. The van der Waals surface area contributed by atoms with Crippen molar-refractivity contribution in [2.24, 2.45) is 0 Å². The molecule has 1 amide bonds. The van der Waals surface area contributed by atoms with Gasteiger partial charge in [-0.15, -0.1) is 0 Å². The third-order valence-corrected chi connectivity index (χ3v) is 3.37. The molecule has 5 nitrogen and oxygen atoms in total. The second kappa shape index (κ2) is 5.79. The van der Waals surface area contributed by atoms with Gasteiger partial charge in [-0.25, -0.2) is 9.59 Å². The van der Waals surface area contributed by atoms with Crippen molar-refractivity contribution in [2.75, 3.05) is 13.7 Å². The van der Waals surface area contributed by atoms with Gasteiger partial charge in [-0.05, 0) is 32.4 Å². The van der Waals surface area contributed by atoms with Gasteiger partial charge in [-0.2, -0.15) is 8.78 Å². The summed E-state index contributed by atoms with van der Waals surface area (Å²) < 4.78 is 38.6. The van der Waals surface area contributed by atoms with E-state index >= 15 is 0 Å². The third-order valence-electron chi connectivity index (χ3n) is 3.37. The highest BCUT2D eigenvalue weighted by Crippen LogP contribution is 2.38. The van der Waals surface area contributed by atoms with Crippen molar-refractivity contribution in [2.45, 2.75) is 38.8 Å². The molecule has 1 heterocycles. The summed E-state index contributed by atoms with van der Waals surface area (Å²) in [5.41, 5.74) is -0.950. The first-order valence-corrected chi connectivity index (χ1v) is 7.11. The minimum Gasteiger partial charge on any atom is -0.465 e.